The number of amides is 2. The molecule has 0 aromatic carbocycles. The summed E-state index contributed by atoms with van der Waals surface area (Å²) in [4.78, 5) is 21.3. The van der Waals surface area contributed by atoms with Crippen molar-refractivity contribution in [1.82, 2.24) is 0 Å². The molecule has 68 valence electrons. The third kappa shape index (κ3) is 1.55. The number of rotatable bonds is 2. The van der Waals surface area contributed by atoms with Crippen molar-refractivity contribution < 1.29 is 19.2 Å². The summed E-state index contributed by atoms with van der Waals surface area (Å²) in [5, 5.41) is 10.7. The van der Waals surface area contributed by atoms with E-state index in [4.69, 9.17) is 5.73 Å². The van der Waals surface area contributed by atoms with Gasteiger partial charge in [-0.2, -0.15) is 0 Å². The second-order valence-corrected chi connectivity index (χ2v) is 3.19. The van der Waals surface area contributed by atoms with E-state index in [2.05, 4.69) is 0 Å². The molecule has 0 aliphatic carbocycles. The van der Waals surface area contributed by atoms with Crippen LogP contribution in [0.5, 0.6) is 0 Å². The summed E-state index contributed by atoms with van der Waals surface area (Å²) in [7, 11) is 0. The molecule has 2 amide bonds. The fourth-order valence-corrected chi connectivity index (χ4v) is 1.64. The van der Waals surface area contributed by atoms with E-state index in [9.17, 15) is 14.7 Å². The Morgan fingerprint density at radius 2 is 1.83 bits per heavy atom. The molecule has 0 saturated carbocycles. The number of quaternary nitrogens is 1. The molecule has 1 heterocycles. The van der Waals surface area contributed by atoms with E-state index in [1.165, 1.54) is 0 Å². The SMILES string of the molecule is NC(=O)C[N+]1(C(=O)[O-])CCCC1. The van der Waals surface area contributed by atoms with Crippen LogP contribution in [-0.2, 0) is 4.79 Å². The first-order valence-electron chi connectivity index (χ1n) is 3.93. The zero-order valence-electron chi connectivity index (χ0n) is 6.78. The van der Waals surface area contributed by atoms with Gasteiger partial charge in [0.15, 0.2) is 6.54 Å². The molecule has 1 aliphatic heterocycles. The Balaban J connectivity index is 2.72. The Bertz CT molecular complexity index is 209. The lowest BCUT2D eigenvalue weighted by Gasteiger charge is -2.31. The fourth-order valence-electron chi connectivity index (χ4n) is 1.64. The maximum Gasteiger partial charge on any atom is 0.273 e. The zero-order chi connectivity index (χ0) is 9.19. The predicted molar refractivity (Wildman–Crippen MR) is 38.7 cm³/mol. The summed E-state index contributed by atoms with van der Waals surface area (Å²) >= 11 is 0. The molecule has 0 unspecified atom stereocenters. The van der Waals surface area contributed by atoms with Crippen molar-refractivity contribution in [3.63, 3.8) is 0 Å². The van der Waals surface area contributed by atoms with Crippen LogP contribution in [0.25, 0.3) is 0 Å². The standard InChI is InChI=1S/C7H12N2O3/c8-6(10)5-9(7(11)12)3-1-2-4-9/h1-5H2,(H2-,8,10,11,12). The van der Waals surface area contributed by atoms with Crippen molar-refractivity contribution in [2.75, 3.05) is 19.6 Å². The van der Waals surface area contributed by atoms with Crippen molar-refractivity contribution >= 4 is 12.0 Å². The van der Waals surface area contributed by atoms with Gasteiger partial charge in [0, 0.05) is 12.8 Å². The van der Waals surface area contributed by atoms with Crippen molar-refractivity contribution in [2.24, 2.45) is 5.73 Å². The molecule has 0 spiro atoms. The Morgan fingerprint density at radius 3 is 2.17 bits per heavy atom. The van der Waals surface area contributed by atoms with Crippen molar-refractivity contribution in [1.29, 1.82) is 0 Å². The largest absolute Gasteiger partial charge is 0.498 e. The second-order valence-electron chi connectivity index (χ2n) is 3.19. The molecule has 12 heavy (non-hydrogen) atoms. The van der Waals surface area contributed by atoms with Gasteiger partial charge in [0.1, 0.15) is 0 Å². The van der Waals surface area contributed by atoms with Gasteiger partial charge in [0.25, 0.3) is 12.0 Å². The molecule has 0 radical (unpaired) electrons. The molecule has 0 atom stereocenters. The maximum absolute atomic E-state index is 10.7. The highest BCUT2D eigenvalue weighted by Crippen LogP contribution is 2.17. The zero-order valence-corrected chi connectivity index (χ0v) is 6.78. The van der Waals surface area contributed by atoms with E-state index >= 15 is 0 Å². The molecule has 1 fully saturated rings. The molecule has 0 aromatic heterocycles. The van der Waals surface area contributed by atoms with Crippen LogP contribution in [-0.4, -0.2) is 36.1 Å². The minimum absolute atomic E-state index is 0.137. The molecular weight excluding hydrogens is 160 g/mol. The van der Waals surface area contributed by atoms with E-state index < -0.39 is 12.0 Å². The molecule has 2 N–H and O–H groups in total. The topological polar surface area (TPSA) is 83.2 Å². The van der Waals surface area contributed by atoms with Gasteiger partial charge >= 0.3 is 0 Å². The van der Waals surface area contributed by atoms with Gasteiger partial charge in [-0.15, -0.1) is 0 Å². The van der Waals surface area contributed by atoms with Crippen LogP contribution in [0, 0.1) is 0 Å². The molecule has 1 saturated heterocycles. The average Bonchev–Trinajstić information content (AvgIpc) is 2.35. The van der Waals surface area contributed by atoms with Gasteiger partial charge in [0.2, 0.25) is 0 Å². The Kier molecular flexibility index (Phi) is 2.32. The molecule has 5 nitrogen and oxygen atoms in total. The van der Waals surface area contributed by atoms with E-state index in [-0.39, 0.29) is 11.0 Å². The average molecular weight is 172 g/mol. The third-order valence-electron chi connectivity index (χ3n) is 2.27. The van der Waals surface area contributed by atoms with Crippen LogP contribution < -0.4 is 10.8 Å². The molecule has 5 heteroatoms. The number of likely N-dealkylation sites (tertiary alicyclic amines) is 1. The molecule has 1 aliphatic rings. The van der Waals surface area contributed by atoms with Crippen LogP contribution in [0.1, 0.15) is 12.8 Å². The van der Waals surface area contributed by atoms with Crippen LogP contribution >= 0.6 is 0 Å². The van der Waals surface area contributed by atoms with Crippen molar-refractivity contribution in [2.45, 2.75) is 12.8 Å². The van der Waals surface area contributed by atoms with E-state index in [1.54, 1.807) is 0 Å². The highest BCUT2D eigenvalue weighted by atomic mass is 16.4. The summed E-state index contributed by atoms with van der Waals surface area (Å²) < 4.78 is -0.282. The van der Waals surface area contributed by atoms with Crippen LogP contribution in [0.3, 0.4) is 0 Å². The minimum Gasteiger partial charge on any atom is -0.498 e. The van der Waals surface area contributed by atoms with Gasteiger partial charge in [-0.3, -0.25) is 9.28 Å². The summed E-state index contributed by atoms with van der Waals surface area (Å²) in [6, 6.07) is 0. The normalized spacial score (nSPS) is 20.7. The maximum atomic E-state index is 10.7. The van der Waals surface area contributed by atoms with E-state index in [1.807, 2.05) is 0 Å². The highest BCUT2D eigenvalue weighted by molar-refractivity contribution is 5.76. The predicted octanol–water partition coefficient (Wildman–Crippen LogP) is -1.57. The lowest BCUT2D eigenvalue weighted by Crippen LogP contribution is -2.59. The summed E-state index contributed by atoms with van der Waals surface area (Å²) in [5.41, 5.74) is 4.95. The van der Waals surface area contributed by atoms with E-state index in [0.29, 0.717) is 13.1 Å². The lowest BCUT2D eigenvalue weighted by atomic mass is 10.4. The number of primary amides is 1. The highest BCUT2D eigenvalue weighted by Gasteiger charge is 2.35. The van der Waals surface area contributed by atoms with Gasteiger partial charge in [-0.05, 0) is 0 Å². The number of carbonyl (C=O) groups is 2. The fraction of sp³-hybridized carbons (Fsp3) is 0.714. The first-order chi connectivity index (χ1) is 5.57. The number of carboxylic acid groups (broad SMARTS) is 1. The van der Waals surface area contributed by atoms with Gasteiger partial charge in [-0.25, -0.2) is 0 Å². The Morgan fingerprint density at radius 1 is 1.33 bits per heavy atom. The monoisotopic (exact) mass is 172 g/mol. The Hall–Kier alpha value is -1.10. The van der Waals surface area contributed by atoms with E-state index in [0.717, 1.165) is 12.8 Å². The van der Waals surface area contributed by atoms with Crippen LogP contribution in [0.4, 0.5) is 4.79 Å². The first kappa shape index (κ1) is 8.99. The summed E-state index contributed by atoms with van der Waals surface area (Å²) in [6.45, 7) is 0.791. The number of hydrogen-bond acceptors (Lipinski definition) is 3. The van der Waals surface area contributed by atoms with Crippen molar-refractivity contribution in [3.8, 4) is 0 Å². The number of hydrogen-bond donors (Lipinski definition) is 1. The van der Waals surface area contributed by atoms with Gasteiger partial charge in [0.05, 0.1) is 13.1 Å². The first-order valence-corrected chi connectivity index (χ1v) is 3.93. The number of nitrogens with zero attached hydrogens (tertiary/aromatic N) is 1. The molecular formula is C7H12N2O3. The Labute approximate surface area is 70.4 Å². The summed E-state index contributed by atoms with van der Waals surface area (Å²) in [5.74, 6) is -0.582. The van der Waals surface area contributed by atoms with Crippen LogP contribution in [0.15, 0.2) is 0 Å². The van der Waals surface area contributed by atoms with Crippen LogP contribution in [0.2, 0.25) is 0 Å². The number of carbonyl (C=O) groups excluding carboxylic acids is 2. The smallest absolute Gasteiger partial charge is 0.273 e. The summed E-state index contributed by atoms with van der Waals surface area (Å²) in [6.07, 6.45) is 0.453. The quantitative estimate of drug-likeness (QED) is 0.510. The van der Waals surface area contributed by atoms with Gasteiger partial charge in [-0.1, -0.05) is 0 Å². The lowest BCUT2D eigenvalue weighted by molar-refractivity contribution is -0.856. The minimum atomic E-state index is -1.19. The van der Waals surface area contributed by atoms with Gasteiger partial charge < -0.3 is 15.6 Å². The second kappa shape index (κ2) is 3.10. The third-order valence-corrected chi connectivity index (χ3v) is 2.27. The molecule has 0 aromatic rings. The van der Waals surface area contributed by atoms with Crippen molar-refractivity contribution in [3.05, 3.63) is 0 Å². The number of nitrogens with two attached hydrogens (primary N) is 1. The molecule has 1 rings (SSSR count). The molecule has 0 bridgehead atoms.